The maximum atomic E-state index is 14.7. The van der Waals surface area contributed by atoms with Crippen molar-refractivity contribution in [3.63, 3.8) is 0 Å². The first-order chi connectivity index (χ1) is 19.0. The van der Waals surface area contributed by atoms with Crippen molar-refractivity contribution >= 4 is 0 Å². The molecule has 0 amide bonds. The number of pyridine rings is 1. The SMILES string of the molecule is N#Cc1ccc([C@@]23Oc4ccc(F)cc4[C@]2(O)c2nc(C4CCCCO4)[nH]c(=O)c2[C@H]3c2cccnc2)cc1. The van der Waals surface area contributed by atoms with Crippen LogP contribution in [0, 0.1) is 17.1 Å². The van der Waals surface area contributed by atoms with E-state index in [-0.39, 0.29) is 22.6 Å². The van der Waals surface area contributed by atoms with E-state index >= 15 is 0 Å². The maximum Gasteiger partial charge on any atom is 0.255 e. The first-order valence-corrected chi connectivity index (χ1v) is 12.9. The largest absolute Gasteiger partial charge is 0.477 e. The summed E-state index contributed by atoms with van der Waals surface area (Å²) in [5.74, 6) is -0.835. The summed E-state index contributed by atoms with van der Waals surface area (Å²) in [5, 5.41) is 22.4. The topological polar surface area (TPSA) is 121 Å². The van der Waals surface area contributed by atoms with Crippen LogP contribution < -0.4 is 10.3 Å². The van der Waals surface area contributed by atoms with Crippen molar-refractivity contribution in [2.75, 3.05) is 6.61 Å². The molecular weight excluding hydrogens is 499 g/mol. The second-order valence-electron chi connectivity index (χ2n) is 10.2. The Balaban J connectivity index is 1.58. The Bertz CT molecular complexity index is 1700. The van der Waals surface area contributed by atoms with Crippen LogP contribution in [0.1, 0.15) is 70.6 Å². The molecule has 3 aliphatic rings. The zero-order valence-corrected chi connectivity index (χ0v) is 20.7. The Morgan fingerprint density at radius 1 is 1.15 bits per heavy atom. The third kappa shape index (κ3) is 3.19. The number of nitrogens with zero attached hydrogens (tertiary/aromatic N) is 3. The number of aliphatic hydroxyl groups is 1. The Hall–Kier alpha value is -4.39. The first kappa shape index (κ1) is 23.7. The van der Waals surface area contributed by atoms with Gasteiger partial charge in [0.25, 0.3) is 5.56 Å². The zero-order valence-electron chi connectivity index (χ0n) is 20.7. The minimum absolute atomic E-state index is 0.0954. The number of nitriles is 1. The van der Waals surface area contributed by atoms with E-state index in [1.54, 1.807) is 42.7 Å². The molecule has 2 aromatic carbocycles. The van der Waals surface area contributed by atoms with Crippen LogP contribution in [-0.2, 0) is 15.9 Å². The Kier molecular flexibility index (Phi) is 5.20. The van der Waals surface area contributed by atoms with Gasteiger partial charge in [-0.15, -0.1) is 0 Å². The molecule has 8 nitrogen and oxygen atoms in total. The van der Waals surface area contributed by atoms with Crippen LogP contribution >= 0.6 is 0 Å². The van der Waals surface area contributed by atoms with Crippen LogP contribution in [-0.4, -0.2) is 26.7 Å². The van der Waals surface area contributed by atoms with E-state index in [4.69, 9.17) is 14.5 Å². The summed E-state index contributed by atoms with van der Waals surface area (Å²) in [6.45, 7) is 0.542. The average molecular weight is 523 g/mol. The molecule has 4 atom stereocenters. The van der Waals surface area contributed by atoms with E-state index < -0.39 is 34.6 Å². The van der Waals surface area contributed by atoms with Gasteiger partial charge in [0.2, 0.25) is 0 Å². The highest BCUT2D eigenvalue weighted by Crippen LogP contribution is 2.67. The number of fused-ring (bicyclic) bond motifs is 5. The molecular formula is C30H23FN4O4. The predicted molar refractivity (Wildman–Crippen MR) is 136 cm³/mol. The number of hydrogen-bond donors (Lipinski definition) is 2. The van der Waals surface area contributed by atoms with Gasteiger partial charge in [0.15, 0.2) is 11.2 Å². The number of benzene rings is 2. The highest BCUT2D eigenvalue weighted by molar-refractivity contribution is 5.64. The normalized spacial score (nSPS) is 26.7. The molecule has 1 saturated heterocycles. The molecule has 194 valence electrons. The standard InChI is InChI=1S/C30H23FN4O4/c31-20-10-11-22-21(14-20)29(37)26-24(28(36)35-27(34-26)23-5-1-2-13-38-23)25(18-4-3-12-33-16-18)30(29,39-22)19-8-6-17(15-32)7-9-19/h3-4,6-12,14,16,23,25,37H,1-2,5,13H2,(H,34,35,36)/t23?,25-,29+,30+/m1/s1. The van der Waals surface area contributed by atoms with Crippen molar-refractivity contribution in [3.8, 4) is 11.8 Å². The molecule has 2 N–H and O–H groups in total. The van der Waals surface area contributed by atoms with Crippen molar-refractivity contribution in [3.05, 3.63) is 122 Å². The highest BCUT2D eigenvalue weighted by atomic mass is 19.1. The molecule has 4 heterocycles. The molecule has 39 heavy (non-hydrogen) atoms. The van der Waals surface area contributed by atoms with Crippen LogP contribution in [0.15, 0.2) is 71.8 Å². The number of aromatic nitrogens is 3. The van der Waals surface area contributed by atoms with Crippen LogP contribution in [0.2, 0.25) is 0 Å². The first-order valence-electron chi connectivity index (χ1n) is 12.9. The molecule has 1 aliphatic carbocycles. The van der Waals surface area contributed by atoms with Gasteiger partial charge >= 0.3 is 0 Å². The quantitative estimate of drug-likeness (QED) is 0.416. The lowest BCUT2D eigenvalue weighted by Crippen LogP contribution is -2.49. The summed E-state index contributed by atoms with van der Waals surface area (Å²) in [7, 11) is 0. The number of halogens is 1. The summed E-state index contributed by atoms with van der Waals surface area (Å²) >= 11 is 0. The fourth-order valence-electron chi connectivity index (χ4n) is 6.42. The van der Waals surface area contributed by atoms with Gasteiger partial charge in [0.05, 0.1) is 28.8 Å². The number of nitrogens with one attached hydrogen (secondary N) is 1. The number of H-pyrrole nitrogens is 1. The lowest BCUT2D eigenvalue weighted by Gasteiger charge is -2.40. The van der Waals surface area contributed by atoms with Crippen molar-refractivity contribution < 1.29 is 19.0 Å². The Labute approximate surface area is 222 Å². The fraction of sp³-hybridized carbons (Fsp3) is 0.267. The van der Waals surface area contributed by atoms with Gasteiger partial charge in [-0.05, 0) is 61.2 Å². The molecule has 0 bridgehead atoms. The van der Waals surface area contributed by atoms with Crippen LogP contribution in [0.4, 0.5) is 4.39 Å². The molecule has 1 unspecified atom stereocenters. The van der Waals surface area contributed by atoms with Gasteiger partial charge in [-0.1, -0.05) is 18.2 Å². The Morgan fingerprint density at radius 2 is 2.00 bits per heavy atom. The van der Waals surface area contributed by atoms with Gasteiger partial charge < -0.3 is 19.6 Å². The van der Waals surface area contributed by atoms with E-state index in [0.717, 1.165) is 12.8 Å². The Morgan fingerprint density at radius 3 is 2.72 bits per heavy atom. The molecule has 2 aliphatic heterocycles. The van der Waals surface area contributed by atoms with Crippen molar-refractivity contribution in [1.29, 1.82) is 5.26 Å². The summed E-state index contributed by atoms with van der Waals surface area (Å²) in [5.41, 5.74) is -2.11. The lowest BCUT2D eigenvalue weighted by atomic mass is 9.70. The fourth-order valence-corrected chi connectivity index (χ4v) is 6.42. The molecule has 0 radical (unpaired) electrons. The summed E-state index contributed by atoms with van der Waals surface area (Å²) in [6, 6.07) is 16.3. The average Bonchev–Trinajstić information content (AvgIpc) is 3.37. The van der Waals surface area contributed by atoms with E-state index in [1.807, 2.05) is 6.07 Å². The van der Waals surface area contributed by atoms with Crippen molar-refractivity contribution in [2.24, 2.45) is 0 Å². The lowest BCUT2D eigenvalue weighted by molar-refractivity contribution is -0.0908. The minimum Gasteiger partial charge on any atom is -0.477 e. The number of hydrogen-bond acceptors (Lipinski definition) is 7. The van der Waals surface area contributed by atoms with Crippen LogP contribution in [0.5, 0.6) is 5.75 Å². The van der Waals surface area contributed by atoms with Gasteiger partial charge in [-0.25, -0.2) is 9.37 Å². The summed E-state index contributed by atoms with van der Waals surface area (Å²) in [6.07, 6.45) is 5.31. The molecule has 4 aromatic rings. The maximum absolute atomic E-state index is 14.7. The third-order valence-electron chi connectivity index (χ3n) is 8.10. The predicted octanol–water partition coefficient (Wildman–Crippen LogP) is 4.09. The van der Waals surface area contributed by atoms with Gasteiger partial charge in [-0.2, -0.15) is 5.26 Å². The summed E-state index contributed by atoms with van der Waals surface area (Å²) < 4.78 is 27.3. The van der Waals surface area contributed by atoms with E-state index in [2.05, 4.69) is 16.0 Å². The molecule has 2 aromatic heterocycles. The molecule has 1 fully saturated rings. The number of rotatable bonds is 3. The molecule has 9 heteroatoms. The minimum atomic E-state index is -2.05. The number of aromatic amines is 1. The second kappa shape index (κ2) is 8.56. The highest BCUT2D eigenvalue weighted by Gasteiger charge is 2.73. The van der Waals surface area contributed by atoms with E-state index in [1.165, 1.54) is 18.2 Å². The zero-order chi connectivity index (χ0) is 26.8. The third-order valence-corrected chi connectivity index (χ3v) is 8.10. The smallest absolute Gasteiger partial charge is 0.255 e. The van der Waals surface area contributed by atoms with E-state index in [9.17, 15) is 19.6 Å². The van der Waals surface area contributed by atoms with E-state index in [0.29, 0.717) is 35.5 Å². The van der Waals surface area contributed by atoms with Gasteiger partial charge in [0.1, 0.15) is 23.5 Å². The van der Waals surface area contributed by atoms with Gasteiger partial charge in [-0.3, -0.25) is 9.78 Å². The molecule has 0 saturated carbocycles. The van der Waals surface area contributed by atoms with Crippen LogP contribution in [0.3, 0.4) is 0 Å². The molecule has 7 rings (SSSR count). The molecule has 0 spiro atoms. The second-order valence-corrected chi connectivity index (χ2v) is 10.2. The summed E-state index contributed by atoms with van der Waals surface area (Å²) in [4.78, 5) is 26.0. The van der Waals surface area contributed by atoms with Crippen LogP contribution in [0.25, 0.3) is 0 Å². The van der Waals surface area contributed by atoms with Crippen molar-refractivity contribution in [2.45, 2.75) is 42.5 Å². The van der Waals surface area contributed by atoms with Crippen molar-refractivity contribution in [1.82, 2.24) is 15.0 Å². The van der Waals surface area contributed by atoms with Gasteiger partial charge in [0, 0.05) is 30.1 Å². The number of ether oxygens (including phenoxy) is 2. The monoisotopic (exact) mass is 522 g/mol.